The highest BCUT2D eigenvalue weighted by molar-refractivity contribution is 8.14. The van der Waals surface area contributed by atoms with Gasteiger partial charge in [0.1, 0.15) is 0 Å². The third-order valence-electron chi connectivity index (χ3n) is 5.70. The van der Waals surface area contributed by atoms with Crippen molar-refractivity contribution in [3.8, 4) is 11.8 Å². The van der Waals surface area contributed by atoms with Gasteiger partial charge in [-0.15, -0.1) is 0 Å². The number of hydrazine groups is 1. The van der Waals surface area contributed by atoms with Crippen LogP contribution in [0.5, 0.6) is 0 Å². The summed E-state index contributed by atoms with van der Waals surface area (Å²) in [5.74, 6) is 17.8. The average molecular weight is 548 g/mol. The van der Waals surface area contributed by atoms with Crippen LogP contribution in [0.3, 0.4) is 0 Å². The molecule has 1 heterocycles. The molecule has 1 saturated heterocycles. The van der Waals surface area contributed by atoms with Gasteiger partial charge in [0.15, 0.2) is 0 Å². The first-order valence-corrected chi connectivity index (χ1v) is 13.4. The van der Waals surface area contributed by atoms with Crippen molar-refractivity contribution in [1.29, 1.82) is 0 Å². The van der Waals surface area contributed by atoms with Crippen molar-refractivity contribution >= 4 is 57.4 Å². The van der Waals surface area contributed by atoms with Gasteiger partial charge in [-0.05, 0) is 67.2 Å². The van der Waals surface area contributed by atoms with Crippen molar-refractivity contribution < 1.29 is 4.79 Å². The Morgan fingerprint density at radius 2 is 1.89 bits per heavy atom. The quantitative estimate of drug-likeness (QED) is 0.160. The van der Waals surface area contributed by atoms with E-state index in [1.807, 2.05) is 24.3 Å². The summed E-state index contributed by atoms with van der Waals surface area (Å²) < 4.78 is 0. The molecule has 36 heavy (non-hydrogen) atoms. The number of nitrogens with zero attached hydrogens (tertiary/aromatic N) is 3. The van der Waals surface area contributed by atoms with Crippen molar-refractivity contribution in [3.63, 3.8) is 0 Å². The molecule has 1 aliphatic rings. The minimum atomic E-state index is -0.279. The van der Waals surface area contributed by atoms with E-state index in [1.165, 1.54) is 17.9 Å². The fourth-order valence-corrected chi connectivity index (χ4v) is 4.79. The highest BCUT2D eigenvalue weighted by Crippen LogP contribution is 2.32. The van der Waals surface area contributed by atoms with Crippen LogP contribution in [0.2, 0.25) is 10.0 Å². The van der Waals surface area contributed by atoms with Crippen LogP contribution in [0.4, 0.5) is 11.4 Å². The lowest BCUT2D eigenvalue weighted by molar-refractivity contribution is -0.113. The summed E-state index contributed by atoms with van der Waals surface area (Å²) in [6.45, 7) is 9.26. The highest BCUT2D eigenvalue weighted by Gasteiger charge is 2.20. The Labute approximate surface area is 227 Å². The molecule has 192 valence electrons. The normalized spacial score (nSPS) is 14.3. The van der Waals surface area contributed by atoms with Crippen molar-refractivity contribution in [2.75, 3.05) is 35.7 Å². The summed E-state index contributed by atoms with van der Waals surface area (Å²) in [5.41, 5.74) is 2.86. The number of carbonyl (C=O) groups excluding carboxylic acids is 1. The number of benzene rings is 2. The summed E-state index contributed by atoms with van der Waals surface area (Å²) in [5, 5.41) is 8.94. The minimum Gasteiger partial charge on any atom is -0.324 e. The predicted molar refractivity (Wildman–Crippen MR) is 154 cm³/mol. The number of likely N-dealkylation sites (tertiary alicyclic amines) is 1. The maximum absolute atomic E-state index is 12.6. The van der Waals surface area contributed by atoms with Crippen LogP contribution in [0.15, 0.2) is 41.5 Å². The van der Waals surface area contributed by atoms with Gasteiger partial charge in [0, 0.05) is 5.56 Å². The van der Waals surface area contributed by atoms with Crippen LogP contribution < -0.4 is 22.0 Å². The zero-order chi connectivity index (χ0) is 26.3. The molecular formula is C26H32Cl2N6OS. The molecule has 0 spiro atoms. The first kappa shape index (κ1) is 28.2. The second-order valence-electron chi connectivity index (χ2n) is 9.51. The molecule has 1 amide bonds. The monoisotopic (exact) mass is 546 g/mol. The maximum Gasteiger partial charge on any atom is 0.234 e. The lowest BCUT2D eigenvalue weighted by atomic mass is 9.87. The molecule has 1 fully saturated rings. The number of thioether (sulfide) groups is 1. The molecule has 10 heteroatoms. The van der Waals surface area contributed by atoms with E-state index in [0.717, 1.165) is 42.5 Å². The third-order valence-corrected chi connectivity index (χ3v) is 7.28. The summed E-state index contributed by atoms with van der Waals surface area (Å²) in [6, 6.07) is 11.0. The van der Waals surface area contributed by atoms with Gasteiger partial charge in [-0.25, -0.2) is 5.84 Å². The molecule has 0 aliphatic carbocycles. The van der Waals surface area contributed by atoms with Crippen LogP contribution in [-0.4, -0.2) is 41.4 Å². The smallest absolute Gasteiger partial charge is 0.234 e. The van der Waals surface area contributed by atoms with Crippen molar-refractivity contribution in [3.05, 3.63) is 57.6 Å². The molecule has 1 aliphatic heterocycles. The summed E-state index contributed by atoms with van der Waals surface area (Å²) in [6.07, 6.45) is 2.47. The van der Waals surface area contributed by atoms with E-state index in [0.29, 0.717) is 21.4 Å². The Hall–Kier alpha value is -2.41. The molecule has 7 nitrogen and oxygen atoms in total. The van der Waals surface area contributed by atoms with E-state index >= 15 is 0 Å². The van der Waals surface area contributed by atoms with Gasteiger partial charge in [0.2, 0.25) is 11.1 Å². The Bertz CT molecular complexity index is 1180. The van der Waals surface area contributed by atoms with Crippen molar-refractivity contribution in [2.24, 2.45) is 16.8 Å². The number of amides is 1. The minimum absolute atomic E-state index is 0.0230. The van der Waals surface area contributed by atoms with Gasteiger partial charge in [-0.2, -0.15) is 5.10 Å². The summed E-state index contributed by atoms with van der Waals surface area (Å²) in [4.78, 5) is 14.9. The standard InChI is InChI=1S/C26H32Cl2N6OS/c1-26(2,3)19-9-11-23(21(28)16-19)34(30)25(32-29)36-17-24(35)31-22-10-8-18(15-20(22)27)7-6-14-33-12-4-5-13-33/h8-11,15-16H,4-5,12-14,17,29-30H2,1-3H3,(H,31,35)/b32-25+. The Morgan fingerprint density at radius 1 is 1.17 bits per heavy atom. The average Bonchev–Trinajstić information content (AvgIpc) is 3.34. The number of anilines is 2. The highest BCUT2D eigenvalue weighted by atomic mass is 35.5. The van der Waals surface area contributed by atoms with E-state index in [1.54, 1.807) is 12.1 Å². The van der Waals surface area contributed by atoms with Gasteiger partial charge in [0.25, 0.3) is 0 Å². The molecular weight excluding hydrogens is 515 g/mol. The molecule has 0 unspecified atom stereocenters. The van der Waals surface area contributed by atoms with E-state index < -0.39 is 0 Å². The van der Waals surface area contributed by atoms with Gasteiger partial charge < -0.3 is 11.2 Å². The molecule has 2 aromatic rings. The Kier molecular flexibility index (Phi) is 9.94. The van der Waals surface area contributed by atoms with Crippen molar-refractivity contribution in [2.45, 2.75) is 39.0 Å². The van der Waals surface area contributed by atoms with Gasteiger partial charge >= 0.3 is 0 Å². The van der Waals surface area contributed by atoms with E-state index in [9.17, 15) is 4.79 Å². The summed E-state index contributed by atoms with van der Waals surface area (Å²) in [7, 11) is 0. The van der Waals surface area contributed by atoms with Gasteiger partial charge in [0.05, 0.1) is 33.7 Å². The van der Waals surface area contributed by atoms with E-state index in [-0.39, 0.29) is 22.2 Å². The van der Waals surface area contributed by atoms with Crippen LogP contribution in [0.25, 0.3) is 0 Å². The molecule has 0 bridgehead atoms. The number of amidine groups is 1. The molecule has 0 saturated carbocycles. The topological polar surface area (TPSA) is 100.0 Å². The number of hydrazone groups is 1. The molecule has 0 radical (unpaired) electrons. The predicted octanol–water partition coefficient (Wildman–Crippen LogP) is 5.02. The molecule has 5 N–H and O–H groups in total. The lowest BCUT2D eigenvalue weighted by Crippen LogP contribution is -2.37. The van der Waals surface area contributed by atoms with Gasteiger partial charge in [-0.3, -0.25) is 14.7 Å². The molecule has 0 aromatic heterocycles. The van der Waals surface area contributed by atoms with E-state index in [4.69, 9.17) is 34.9 Å². The zero-order valence-electron chi connectivity index (χ0n) is 20.8. The van der Waals surface area contributed by atoms with Crippen LogP contribution in [-0.2, 0) is 10.2 Å². The zero-order valence-corrected chi connectivity index (χ0v) is 23.1. The lowest BCUT2D eigenvalue weighted by Gasteiger charge is -2.24. The summed E-state index contributed by atoms with van der Waals surface area (Å²) >= 11 is 13.9. The Morgan fingerprint density at radius 3 is 2.50 bits per heavy atom. The fourth-order valence-electron chi connectivity index (χ4n) is 3.65. The van der Waals surface area contributed by atoms with E-state index in [2.05, 4.69) is 47.9 Å². The first-order chi connectivity index (χ1) is 17.1. The molecule has 2 aromatic carbocycles. The van der Waals surface area contributed by atoms with Crippen LogP contribution in [0.1, 0.15) is 44.7 Å². The number of carbonyl (C=O) groups is 1. The SMILES string of the molecule is CC(C)(C)c1ccc(N(N)/C(=N\N)SCC(=O)Nc2ccc(C#CCN3CCCC3)cc2Cl)c(Cl)c1. The third kappa shape index (κ3) is 7.79. The molecule has 0 atom stereocenters. The number of hydrogen-bond donors (Lipinski definition) is 3. The molecule has 3 rings (SSSR count). The van der Waals surface area contributed by atoms with Crippen LogP contribution in [0, 0.1) is 11.8 Å². The largest absolute Gasteiger partial charge is 0.324 e. The number of nitrogens with one attached hydrogen (secondary N) is 1. The first-order valence-electron chi connectivity index (χ1n) is 11.6. The van der Waals surface area contributed by atoms with Gasteiger partial charge in [-0.1, -0.05) is 73.6 Å². The fraction of sp³-hybridized carbons (Fsp3) is 0.385. The van der Waals surface area contributed by atoms with Crippen molar-refractivity contribution in [1.82, 2.24) is 4.90 Å². The number of nitrogens with two attached hydrogens (primary N) is 2. The second-order valence-corrected chi connectivity index (χ2v) is 11.3. The maximum atomic E-state index is 12.6. The second kappa shape index (κ2) is 12.7. The number of hydrogen-bond acceptors (Lipinski definition) is 6. The number of rotatable bonds is 5. The van der Waals surface area contributed by atoms with Crippen LogP contribution >= 0.6 is 35.0 Å². The Balaban J connectivity index is 1.56. The number of halogens is 2.